The maximum Gasteiger partial charge on any atom is 0.241 e. The van der Waals surface area contributed by atoms with Gasteiger partial charge in [0.15, 0.2) is 5.78 Å². The molecule has 0 spiro atoms. The summed E-state index contributed by atoms with van der Waals surface area (Å²) in [5, 5.41) is 3.99. The van der Waals surface area contributed by atoms with Crippen molar-refractivity contribution in [3.8, 4) is 5.88 Å². The molecule has 1 aromatic heterocycles. The molecule has 0 fully saturated rings. The minimum Gasteiger partial charge on any atom is -0.479 e. The molecule has 88 valence electrons. The van der Waals surface area contributed by atoms with E-state index in [0.717, 1.165) is 34.2 Å². The van der Waals surface area contributed by atoms with E-state index in [4.69, 9.17) is 4.74 Å². The van der Waals surface area contributed by atoms with Gasteiger partial charge in [-0.05, 0) is 12.8 Å². The summed E-state index contributed by atoms with van der Waals surface area (Å²) >= 11 is 1.42. The molecule has 0 radical (unpaired) electrons. The van der Waals surface area contributed by atoms with Gasteiger partial charge in [-0.2, -0.15) is 4.98 Å². The van der Waals surface area contributed by atoms with Crippen LogP contribution in [-0.2, 0) is 4.79 Å². The first-order chi connectivity index (χ1) is 8.29. The predicted molar refractivity (Wildman–Crippen MR) is 63.9 cm³/mol. The highest BCUT2D eigenvalue weighted by molar-refractivity contribution is 8.04. The van der Waals surface area contributed by atoms with Crippen LogP contribution in [-0.4, -0.2) is 22.9 Å². The number of carbonyl (C=O) groups is 1. The molecule has 1 aliphatic carbocycles. The van der Waals surface area contributed by atoms with Gasteiger partial charge >= 0.3 is 0 Å². The Kier molecular flexibility index (Phi) is 2.51. The standard InChI is InChI=1S/C11H11N3O2S/c1-16-10-8-11(13-5-12-10)17-9-6(14-8)3-2-4-7(9)15/h5,14H,2-4H2,1H3. The average molecular weight is 249 g/mol. The van der Waals surface area contributed by atoms with E-state index in [1.165, 1.54) is 18.1 Å². The minimum absolute atomic E-state index is 0.201. The van der Waals surface area contributed by atoms with Crippen LogP contribution in [0.2, 0.25) is 0 Å². The SMILES string of the molecule is COc1ncnc2c1NC1=C(S2)C(=O)CCC1. The van der Waals surface area contributed by atoms with Gasteiger partial charge in [-0.15, -0.1) is 0 Å². The number of hydrogen-bond donors (Lipinski definition) is 1. The molecule has 2 aliphatic rings. The first-order valence-electron chi connectivity index (χ1n) is 5.40. The van der Waals surface area contributed by atoms with Gasteiger partial charge in [-0.3, -0.25) is 4.79 Å². The van der Waals surface area contributed by atoms with Crippen molar-refractivity contribution in [3.05, 3.63) is 16.9 Å². The second kappa shape index (κ2) is 4.03. The Hall–Kier alpha value is -1.56. The number of hydrogen-bond acceptors (Lipinski definition) is 6. The lowest BCUT2D eigenvalue weighted by atomic mass is 10.0. The van der Waals surface area contributed by atoms with Gasteiger partial charge in [0.25, 0.3) is 0 Å². The minimum atomic E-state index is 0.201. The van der Waals surface area contributed by atoms with E-state index in [1.807, 2.05) is 0 Å². The molecule has 1 N–H and O–H groups in total. The van der Waals surface area contributed by atoms with Crippen LogP contribution in [0.4, 0.5) is 5.69 Å². The van der Waals surface area contributed by atoms with Gasteiger partial charge < -0.3 is 10.1 Å². The summed E-state index contributed by atoms with van der Waals surface area (Å²) in [7, 11) is 1.57. The van der Waals surface area contributed by atoms with Crippen LogP contribution < -0.4 is 10.1 Å². The van der Waals surface area contributed by atoms with Gasteiger partial charge in [-0.25, -0.2) is 4.98 Å². The van der Waals surface area contributed by atoms with E-state index in [-0.39, 0.29) is 5.78 Å². The molecule has 1 aromatic rings. The van der Waals surface area contributed by atoms with Crippen LogP contribution in [0.15, 0.2) is 22.0 Å². The molecule has 0 aromatic carbocycles. The van der Waals surface area contributed by atoms with Crippen LogP contribution in [0.1, 0.15) is 19.3 Å². The summed E-state index contributed by atoms with van der Waals surface area (Å²) in [5.41, 5.74) is 1.75. The number of carbonyl (C=O) groups excluding carboxylic acids is 1. The van der Waals surface area contributed by atoms with Gasteiger partial charge in [0.1, 0.15) is 17.0 Å². The van der Waals surface area contributed by atoms with E-state index in [0.29, 0.717) is 12.3 Å². The molecule has 2 heterocycles. The molecule has 5 nitrogen and oxygen atoms in total. The molecule has 0 saturated heterocycles. The topological polar surface area (TPSA) is 64.1 Å². The number of nitrogens with one attached hydrogen (secondary N) is 1. The van der Waals surface area contributed by atoms with Crippen molar-refractivity contribution < 1.29 is 9.53 Å². The zero-order valence-electron chi connectivity index (χ0n) is 9.32. The van der Waals surface area contributed by atoms with Crippen LogP contribution in [0.25, 0.3) is 0 Å². The number of ketones is 1. The first-order valence-corrected chi connectivity index (χ1v) is 6.21. The quantitative estimate of drug-likeness (QED) is 0.768. The Labute approximate surface area is 103 Å². The first kappa shape index (κ1) is 10.6. The van der Waals surface area contributed by atoms with Crippen molar-refractivity contribution in [1.29, 1.82) is 0 Å². The number of ether oxygens (including phenoxy) is 1. The second-order valence-electron chi connectivity index (χ2n) is 3.87. The van der Waals surface area contributed by atoms with Crippen molar-refractivity contribution >= 4 is 23.2 Å². The van der Waals surface area contributed by atoms with Crippen molar-refractivity contribution in [1.82, 2.24) is 9.97 Å². The number of allylic oxidation sites excluding steroid dienone is 2. The lowest BCUT2D eigenvalue weighted by Gasteiger charge is -2.26. The lowest BCUT2D eigenvalue weighted by Crippen LogP contribution is -2.19. The fourth-order valence-electron chi connectivity index (χ4n) is 2.00. The zero-order valence-corrected chi connectivity index (χ0v) is 10.1. The number of anilines is 1. The fraction of sp³-hybridized carbons (Fsp3) is 0.364. The molecule has 17 heavy (non-hydrogen) atoms. The third kappa shape index (κ3) is 1.68. The zero-order chi connectivity index (χ0) is 11.8. The number of aromatic nitrogens is 2. The molecule has 6 heteroatoms. The summed E-state index contributed by atoms with van der Waals surface area (Å²) in [6.45, 7) is 0. The summed E-state index contributed by atoms with van der Waals surface area (Å²) in [6.07, 6.45) is 3.87. The van der Waals surface area contributed by atoms with E-state index in [1.54, 1.807) is 7.11 Å². The normalized spacial score (nSPS) is 18.3. The maximum absolute atomic E-state index is 11.8. The third-order valence-electron chi connectivity index (χ3n) is 2.80. The largest absolute Gasteiger partial charge is 0.479 e. The number of rotatable bonds is 1. The van der Waals surface area contributed by atoms with Crippen molar-refractivity contribution in [2.75, 3.05) is 12.4 Å². The smallest absolute Gasteiger partial charge is 0.241 e. The van der Waals surface area contributed by atoms with E-state index < -0.39 is 0 Å². The van der Waals surface area contributed by atoms with Crippen LogP contribution in [0.3, 0.4) is 0 Å². The van der Waals surface area contributed by atoms with Gasteiger partial charge in [-0.1, -0.05) is 11.8 Å². The summed E-state index contributed by atoms with van der Waals surface area (Å²) in [4.78, 5) is 20.8. The molecule has 1 aliphatic heterocycles. The Morgan fingerprint density at radius 1 is 1.41 bits per heavy atom. The summed E-state index contributed by atoms with van der Waals surface area (Å²) in [6, 6.07) is 0. The molecule has 3 rings (SSSR count). The molecule has 0 atom stereocenters. The fourth-order valence-corrected chi connectivity index (χ4v) is 3.03. The Balaban J connectivity index is 2.05. The summed E-state index contributed by atoms with van der Waals surface area (Å²) < 4.78 is 5.18. The molecule has 0 unspecified atom stereocenters. The van der Waals surface area contributed by atoms with Crippen LogP contribution in [0.5, 0.6) is 5.88 Å². The molecule has 0 bridgehead atoms. The highest BCUT2D eigenvalue weighted by Crippen LogP contribution is 2.45. The second-order valence-corrected chi connectivity index (χ2v) is 4.87. The molecular weight excluding hydrogens is 238 g/mol. The molecule has 0 saturated carbocycles. The Morgan fingerprint density at radius 3 is 3.12 bits per heavy atom. The lowest BCUT2D eigenvalue weighted by molar-refractivity contribution is -0.115. The van der Waals surface area contributed by atoms with E-state index in [2.05, 4.69) is 15.3 Å². The third-order valence-corrected chi connectivity index (χ3v) is 3.98. The number of Topliss-reactive ketones (excluding diaryl/α,β-unsaturated/α-hetero) is 1. The highest BCUT2D eigenvalue weighted by atomic mass is 32.2. The monoisotopic (exact) mass is 249 g/mol. The predicted octanol–water partition coefficient (Wildman–Crippen LogP) is 1.97. The van der Waals surface area contributed by atoms with E-state index in [9.17, 15) is 4.79 Å². The van der Waals surface area contributed by atoms with Crippen molar-refractivity contribution in [3.63, 3.8) is 0 Å². The van der Waals surface area contributed by atoms with Crippen LogP contribution in [0, 0.1) is 0 Å². The maximum atomic E-state index is 11.8. The van der Waals surface area contributed by atoms with E-state index >= 15 is 0 Å². The molecular formula is C11H11N3O2S. The van der Waals surface area contributed by atoms with Crippen LogP contribution >= 0.6 is 11.8 Å². The Morgan fingerprint density at radius 2 is 2.29 bits per heavy atom. The van der Waals surface area contributed by atoms with Gasteiger partial charge in [0, 0.05) is 12.1 Å². The summed E-state index contributed by atoms with van der Waals surface area (Å²) in [5.74, 6) is 0.721. The number of methoxy groups -OCH3 is 1. The molecule has 0 amide bonds. The number of thioether (sulfide) groups is 1. The highest BCUT2D eigenvalue weighted by Gasteiger charge is 2.29. The average Bonchev–Trinajstić information content (AvgIpc) is 2.36. The van der Waals surface area contributed by atoms with Crippen molar-refractivity contribution in [2.24, 2.45) is 0 Å². The number of nitrogens with zero attached hydrogens (tertiary/aromatic N) is 2. The number of fused-ring (bicyclic) bond motifs is 1. The van der Waals surface area contributed by atoms with Gasteiger partial charge in [0.05, 0.1) is 12.0 Å². The Bertz CT molecular complexity index is 527. The van der Waals surface area contributed by atoms with Gasteiger partial charge in [0.2, 0.25) is 5.88 Å². The van der Waals surface area contributed by atoms with Crippen molar-refractivity contribution in [2.45, 2.75) is 24.3 Å².